The Morgan fingerprint density at radius 3 is 2.52 bits per heavy atom. The van der Waals surface area contributed by atoms with Crippen LogP contribution in [0.25, 0.3) is 11.5 Å². The van der Waals surface area contributed by atoms with E-state index in [9.17, 15) is 4.79 Å². The van der Waals surface area contributed by atoms with Crippen LogP contribution in [-0.4, -0.2) is 16.0 Å². The van der Waals surface area contributed by atoms with Gasteiger partial charge in [0.1, 0.15) is 0 Å². The Hall–Kier alpha value is -2.37. The maximum absolute atomic E-state index is 12.3. The average Bonchev–Trinajstić information content (AvgIpc) is 2.98. The SMILES string of the molecule is Cc1noc(-c2ccc(C(=O)Nc3cccc(Cl)c3Cl)cc2)n1. The maximum Gasteiger partial charge on any atom is 0.257 e. The van der Waals surface area contributed by atoms with Crippen molar-refractivity contribution in [2.75, 3.05) is 5.32 Å². The van der Waals surface area contributed by atoms with Gasteiger partial charge in [-0.25, -0.2) is 0 Å². The number of nitrogens with zero attached hydrogens (tertiary/aromatic N) is 2. The second-order valence-corrected chi connectivity index (χ2v) is 5.56. The number of carbonyl (C=O) groups excluding carboxylic acids is 1. The van der Waals surface area contributed by atoms with Crippen LogP contribution in [0.4, 0.5) is 5.69 Å². The van der Waals surface area contributed by atoms with Gasteiger partial charge < -0.3 is 9.84 Å². The number of benzene rings is 2. The molecule has 3 aromatic rings. The number of nitrogens with one attached hydrogen (secondary N) is 1. The number of anilines is 1. The highest BCUT2D eigenvalue weighted by Crippen LogP contribution is 2.30. The van der Waals surface area contributed by atoms with Crippen LogP contribution in [0.1, 0.15) is 16.2 Å². The van der Waals surface area contributed by atoms with Crippen molar-refractivity contribution in [3.63, 3.8) is 0 Å². The Bertz CT molecular complexity index is 860. The Morgan fingerprint density at radius 1 is 1.13 bits per heavy atom. The third-order valence-corrected chi connectivity index (χ3v) is 3.94. The highest BCUT2D eigenvalue weighted by Gasteiger charge is 2.12. The van der Waals surface area contributed by atoms with E-state index in [1.165, 1.54) is 0 Å². The summed E-state index contributed by atoms with van der Waals surface area (Å²) in [5, 5.41) is 7.14. The number of aryl methyl sites for hydroxylation is 1. The number of amides is 1. The van der Waals surface area contributed by atoms with Crippen LogP contribution in [0.2, 0.25) is 10.0 Å². The Labute approximate surface area is 142 Å². The molecule has 1 aromatic heterocycles. The number of hydrogen-bond acceptors (Lipinski definition) is 4. The molecule has 116 valence electrons. The lowest BCUT2D eigenvalue weighted by molar-refractivity contribution is 0.102. The van der Waals surface area contributed by atoms with Crippen molar-refractivity contribution in [2.45, 2.75) is 6.92 Å². The van der Waals surface area contributed by atoms with Crippen molar-refractivity contribution in [2.24, 2.45) is 0 Å². The summed E-state index contributed by atoms with van der Waals surface area (Å²) in [4.78, 5) is 16.4. The molecule has 0 bridgehead atoms. The lowest BCUT2D eigenvalue weighted by Gasteiger charge is -2.08. The smallest absolute Gasteiger partial charge is 0.257 e. The molecule has 0 atom stereocenters. The van der Waals surface area contributed by atoms with E-state index in [1.54, 1.807) is 49.4 Å². The lowest BCUT2D eigenvalue weighted by atomic mass is 10.1. The molecule has 0 spiro atoms. The van der Waals surface area contributed by atoms with Crippen LogP contribution in [0, 0.1) is 6.92 Å². The van der Waals surface area contributed by atoms with Crippen molar-refractivity contribution < 1.29 is 9.32 Å². The Kier molecular flexibility index (Phi) is 4.32. The number of aromatic nitrogens is 2. The number of rotatable bonds is 3. The minimum Gasteiger partial charge on any atom is -0.334 e. The Balaban J connectivity index is 1.79. The van der Waals surface area contributed by atoms with Gasteiger partial charge in [0, 0.05) is 11.1 Å². The first kappa shape index (κ1) is 15.5. The number of hydrogen-bond donors (Lipinski definition) is 1. The quantitative estimate of drug-likeness (QED) is 0.751. The van der Waals surface area contributed by atoms with E-state index in [1.807, 2.05) is 0 Å². The molecular weight excluding hydrogens is 337 g/mol. The predicted octanol–water partition coefficient (Wildman–Crippen LogP) is 4.60. The van der Waals surface area contributed by atoms with Crippen molar-refractivity contribution >= 4 is 34.8 Å². The highest BCUT2D eigenvalue weighted by atomic mass is 35.5. The molecule has 7 heteroatoms. The Morgan fingerprint density at radius 2 is 1.87 bits per heavy atom. The van der Waals surface area contributed by atoms with Crippen molar-refractivity contribution in [1.29, 1.82) is 0 Å². The molecule has 3 rings (SSSR count). The summed E-state index contributed by atoms with van der Waals surface area (Å²) in [7, 11) is 0. The van der Waals surface area contributed by atoms with Gasteiger partial charge in [-0.2, -0.15) is 4.98 Å². The molecule has 0 unspecified atom stereocenters. The van der Waals surface area contributed by atoms with Crippen LogP contribution in [0.3, 0.4) is 0 Å². The fourth-order valence-electron chi connectivity index (χ4n) is 1.97. The number of carbonyl (C=O) groups is 1. The second kappa shape index (κ2) is 6.40. The molecule has 23 heavy (non-hydrogen) atoms. The normalized spacial score (nSPS) is 10.6. The zero-order valence-corrected chi connectivity index (χ0v) is 13.5. The van der Waals surface area contributed by atoms with Crippen molar-refractivity contribution in [3.05, 3.63) is 63.9 Å². The molecule has 0 aliphatic heterocycles. The van der Waals surface area contributed by atoms with Gasteiger partial charge in [0.05, 0.1) is 15.7 Å². The van der Waals surface area contributed by atoms with Gasteiger partial charge in [0.25, 0.3) is 11.8 Å². The molecule has 0 fully saturated rings. The standard InChI is InChI=1S/C16H11Cl2N3O2/c1-9-19-16(23-21-9)11-7-5-10(6-8-11)15(22)20-13-4-2-3-12(17)14(13)18/h2-8H,1H3,(H,20,22). The van der Waals surface area contributed by atoms with Gasteiger partial charge in [-0.15, -0.1) is 0 Å². The summed E-state index contributed by atoms with van der Waals surface area (Å²) in [6.45, 7) is 1.74. The molecular formula is C16H11Cl2N3O2. The van der Waals surface area contributed by atoms with E-state index >= 15 is 0 Å². The van der Waals surface area contributed by atoms with E-state index in [0.717, 1.165) is 5.56 Å². The second-order valence-electron chi connectivity index (χ2n) is 4.78. The lowest BCUT2D eigenvalue weighted by Crippen LogP contribution is -2.12. The highest BCUT2D eigenvalue weighted by molar-refractivity contribution is 6.44. The molecule has 0 aliphatic rings. The zero-order chi connectivity index (χ0) is 16.4. The van der Waals surface area contributed by atoms with Crippen LogP contribution < -0.4 is 5.32 Å². The van der Waals surface area contributed by atoms with Gasteiger partial charge in [-0.1, -0.05) is 34.4 Å². The maximum atomic E-state index is 12.3. The van der Waals surface area contributed by atoms with Crippen LogP contribution in [-0.2, 0) is 0 Å². The summed E-state index contributed by atoms with van der Waals surface area (Å²) in [6, 6.07) is 11.9. The summed E-state index contributed by atoms with van der Waals surface area (Å²) >= 11 is 12.0. The summed E-state index contributed by atoms with van der Waals surface area (Å²) < 4.78 is 5.08. The largest absolute Gasteiger partial charge is 0.334 e. The van der Waals surface area contributed by atoms with Gasteiger partial charge in [0.2, 0.25) is 0 Å². The molecule has 0 saturated heterocycles. The number of halogens is 2. The minimum absolute atomic E-state index is 0.289. The molecule has 1 N–H and O–H groups in total. The summed E-state index contributed by atoms with van der Waals surface area (Å²) in [6.07, 6.45) is 0. The molecule has 0 aliphatic carbocycles. The minimum atomic E-state index is -0.289. The zero-order valence-electron chi connectivity index (χ0n) is 12.0. The summed E-state index contributed by atoms with van der Waals surface area (Å²) in [5.74, 6) is 0.673. The summed E-state index contributed by atoms with van der Waals surface area (Å²) in [5.41, 5.74) is 1.67. The molecule has 5 nitrogen and oxygen atoms in total. The first-order valence-electron chi connectivity index (χ1n) is 6.70. The molecule has 0 radical (unpaired) electrons. The van der Waals surface area contributed by atoms with E-state index < -0.39 is 0 Å². The van der Waals surface area contributed by atoms with Crippen molar-refractivity contribution in [3.8, 4) is 11.5 Å². The van der Waals surface area contributed by atoms with E-state index in [4.69, 9.17) is 27.7 Å². The first-order valence-corrected chi connectivity index (χ1v) is 7.46. The van der Waals surface area contributed by atoms with Crippen molar-refractivity contribution in [1.82, 2.24) is 10.1 Å². The van der Waals surface area contributed by atoms with Gasteiger partial charge in [-0.05, 0) is 43.3 Å². The topological polar surface area (TPSA) is 68.0 Å². The molecule has 1 heterocycles. The molecule has 1 amide bonds. The molecule has 2 aromatic carbocycles. The van der Waals surface area contributed by atoms with E-state index in [-0.39, 0.29) is 5.91 Å². The monoisotopic (exact) mass is 347 g/mol. The van der Waals surface area contributed by atoms with Gasteiger partial charge in [0.15, 0.2) is 5.82 Å². The van der Waals surface area contributed by atoms with Crippen LogP contribution in [0.5, 0.6) is 0 Å². The fourth-order valence-corrected chi connectivity index (χ4v) is 2.32. The first-order chi connectivity index (χ1) is 11.0. The van der Waals surface area contributed by atoms with Gasteiger partial charge >= 0.3 is 0 Å². The predicted molar refractivity (Wildman–Crippen MR) is 88.9 cm³/mol. The van der Waals surface area contributed by atoms with E-state index in [2.05, 4.69) is 15.5 Å². The fraction of sp³-hybridized carbons (Fsp3) is 0.0625. The van der Waals surface area contributed by atoms with E-state index in [0.29, 0.717) is 33.0 Å². The van der Waals surface area contributed by atoms with Gasteiger partial charge in [-0.3, -0.25) is 4.79 Å². The van der Waals surface area contributed by atoms with Crippen LogP contribution in [0.15, 0.2) is 47.0 Å². The third-order valence-electron chi connectivity index (χ3n) is 3.12. The third kappa shape index (κ3) is 3.36. The molecule has 0 saturated carbocycles. The van der Waals surface area contributed by atoms with Crippen LogP contribution >= 0.6 is 23.2 Å². The average molecular weight is 348 g/mol.